The van der Waals surface area contributed by atoms with Gasteiger partial charge in [0.1, 0.15) is 5.60 Å². The van der Waals surface area contributed by atoms with Crippen LogP contribution in [0.15, 0.2) is 30.3 Å². The van der Waals surface area contributed by atoms with E-state index in [1.165, 1.54) is 0 Å². The SMILES string of the molecule is CC(C)CNCC(O)COCC1(c2ccccc2)COC(C)CO1.Cl. The second kappa shape index (κ2) is 11.1. The molecule has 25 heavy (non-hydrogen) atoms. The molecule has 0 bridgehead atoms. The maximum absolute atomic E-state index is 10.0. The monoisotopic (exact) mass is 373 g/mol. The van der Waals surface area contributed by atoms with Crippen molar-refractivity contribution in [2.45, 2.75) is 38.6 Å². The topological polar surface area (TPSA) is 60.0 Å². The van der Waals surface area contributed by atoms with E-state index in [0.717, 1.165) is 12.1 Å². The van der Waals surface area contributed by atoms with Gasteiger partial charge in [0.05, 0.1) is 38.6 Å². The Morgan fingerprint density at radius 1 is 1.28 bits per heavy atom. The quantitative estimate of drug-likeness (QED) is 0.695. The molecule has 0 spiro atoms. The molecule has 0 aliphatic carbocycles. The molecule has 0 aromatic heterocycles. The summed E-state index contributed by atoms with van der Waals surface area (Å²) >= 11 is 0. The van der Waals surface area contributed by atoms with Crippen LogP contribution in [0.4, 0.5) is 0 Å². The molecular formula is C19H32ClNO4. The van der Waals surface area contributed by atoms with E-state index in [0.29, 0.717) is 32.3 Å². The minimum absolute atomic E-state index is 0. The summed E-state index contributed by atoms with van der Waals surface area (Å²) in [6, 6.07) is 10.0. The van der Waals surface area contributed by atoms with Gasteiger partial charge in [0.15, 0.2) is 0 Å². The van der Waals surface area contributed by atoms with E-state index in [2.05, 4.69) is 19.2 Å². The van der Waals surface area contributed by atoms with Crippen LogP contribution in [0.25, 0.3) is 0 Å². The third-order valence-corrected chi connectivity index (χ3v) is 4.07. The fourth-order valence-corrected chi connectivity index (χ4v) is 2.68. The summed E-state index contributed by atoms with van der Waals surface area (Å²) in [6.07, 6.45) is -0.437. The first-order chi connectivity index (χ1) is 11.5. The second-order valence-corrected chi connectivity index (χ2v) is 7.01. The van der Waals surface area contributed by atoms with E-state index in [1.54, 1.807) is 0 Å². The number of halogens is 1. The predicted molar refractivity (Wildman–Crippen MR) is 101 cm³/mol. The Kier molecular flexibility index (Phi) is 9.94. The van der Waals surface area contributed by atoms with Gasteiger partial charge >= 0.3 is 0 Å². The van der Waals surface area contributed by atoms with E-state index in [9.17, 15) is 5.11 Å². The number of ether oxygens (including phenoxy) is 3. The molecule has 0 amide bonds. The van der Waals surface area contributed by atoms with Crippen molar-refractivity contribution in [2.24, 2.45) is 5.92 Å². The summed E-state index contributed by atoms with van der Waals surface area (Å²) in [5.41, 5.74) is 0.447. The molecule has 3 atom stereocenters. The van der Waals surface area contributed by atoms with Crippen LogP contribution in [-0.2, 0) is 19.8 Å². The van der Waals surface area contributed by atoms with Crippen LogP contribution >= 0.6 is 12.4 Å². The van der Waals surface area contributed by atoms with Gasteiger partial charge < -0.3 is 24.6 Å². The molecular weight excluding hydrogens is 342 g/mol. The van der Waals surface area contributed by atoms with Gasteiger partial charge in [-0.1, -0.05) is 44.2 Å². The Balaban J connectivity index is 0.00000312. The molecule has 1 aliphatic heterocycles. The van der Waals surface area contributed by atoms with Gasteiger partial charge in [0, 0.05) is 6.54 Å². The lowest BCUT2D eigenvalue weighted by Crippen LogP contribution is -2.47. The summed E-state index contributed by atoms with van der Waals surface area (Å²) < 4.78 is 17.7. The average Bonchev–Trinajstić information content (AvgIpc) is 2.57. The predicted octanol–water partition coefficient (Wildman–Crippen LogP) is 2.36. The highest BCUT2D eigenvalue weighted by Crippen LogP contribution is 2.30. The van der Waals surface area contributed by atoms with Crippen LogP contribution in [0.5, 0.6) is 0 Å². The number of hydrogen-bond acceptors (Lipinski definition) is 5. The Hall–Kier alpha value is -0.690. The van der Waals surface area contributed by atoms with Gasteiger partial charge in [-0.05, 0) is 24.9 Å². The molecule has 144 valence electrons. The first-order valence-corrected chi connectivity index (χ1v) is 8.79. The largest absolute Gasteiger partial charge is 0.389 e. The summed E-state index contributed by atoms with van der Waals surface area (Å²) in [5, 5.41) is 13.3. The number of nitrogens with one attached hydrogen (secondary N) is 1. The minimum atomic E-state index is -0.598. The molecule has 1 aromatic rings. The van der Waals surface area contributed by atoms with Crippen LogP contribution in [-0.4, -0.2) is 56.8 Å². The van der Waals surface area contributed by atoms with Gasteiger partial charge in [-0.25, -0.2) is 0 Å². The molecule has 5 nitrogen and oxygen atoms in total. The molecule has 1 saturated heterocycles. The van der Waals surface area contributed by atoms with E-state index >= 15 is 0 Å². The zero-order chi connectivity index (χ0) is 17.4. The zero-order valence-corrected chi connectivity index (χ0v) is 16.3. The minimum Gasteiger partial charge on any atom is -0.389 e. The lowest BCUT2D eigenvalue weighted by molar-refractivity contribution is -0.214. The first kappa shape index (κ1) is 22.4. The van der Waals surface area contributed by atoms with E-state index in [-0.39, 0.29) is 25.1 Å². The maximum atomic E-state index is 10.0. The third-order valence-electron chi connectivity index (χ3n) is 4.07. The van der Waals surface area contributed by atoms with E-state index in [4.69, 9.17) is 14.2 Å². The molecule has 0 radical (unpaired) electrons. The van der Waals surface area contributed by atoms with Crippen molar-refractivity contribution in [1.29, 1.82) is 0 Å². The highest BCUT2D eigenvalue weighted by Gasteiger charge is 2.38. The molecule has 2 N–H and O–H groups in total. The van der Waals surface area contributed by atoms with Crippen molar-refractivity contribution in [1.82, 2.24) is 5.32 Å². The van der Waals surface area contributed by atoms with Crippen molar-refractivity contribution in [3.8, 4) is 0 Å². The molecule has 0 saturated carbocycles. The number of aliphatic hydroxyl groups is 1. The first-order valence-electron chi connectivity index (χ1n) is 8.79. The van der Waals surface area contributed by atoms with Crippen molar-refractivity contribution >= 4 is 12.4 Å². The lowest BCUT2D eigenvalue weighted by Gasteiger charge is -2.39. The zero-order valence-electron chi connectivity index (χ0n) is 15.4. The van der Waals surface area contributed by atoms with Crippen LogP contribution in [0, 0.1) is 5.92 Å². The van der Waals surface area contributed by atoms with E-state index in [1.807, 2.05) is 37.3 Å². The number of aliphatic hydroxyl groups excluding tert-OH is 1. The fourth-order valence-electron chi connectivity index (χ4n) is 2.68. The van der Waals surface area contributed by atoms with Gasteiger partial charge in [-0.15, -0.1) is 12.4 Å². The molecule has 1 heterocycles. The van der Waals surface area contributed by atoms with Gasteiger partial charge in [-0.2, -0.15) is 0 Å². The average molecular weight is 374 g/mol. The third kappa shape index (κ3) is 7.21. The maximum Gasteiger partial charge on any atom is 0.140 e. The van der Waals surface area contributed by atoms with Crippen LogP contribution in [0.2, 0.25) is 0 Å². The highest BCUT2D eigenvalue weighted by molar-refractivity contribution is 5.85. The van der Waals surface area contributed by atoms with E-state index < -0.39 is 11.7 Å². The summed E-state index contributed by atoms with van der Waals surface area (Å²) in [7, 11) is 0. The Bertz CT molecular complexity index is 464. The number of rotatable bonds is 9. The normalized spacial score (nSPS) is 24.8. The molecule has 6 heteroatoms. The Labute approximate surface area is 157 Å². The second-order valence-electron chi connectivity index (χ2n) is 7.01. The van der Waals surface area contributed by atoms with Crippen molar-refractivity contribution in [3.05, 3.63) is 35.9 Å². The fraction of sp³-hybridized carbons (Fsp3) is 0.684. The molecule has 1 fully saturated rings. The number of benzene rings is 1. The van der Waals surface area contributed by atoms with Crippen molar-refractivity contribution < 1.29 is 19.3 Å². The molecule has 3 unspecified atom stereocenters. The van der Waals surface area contributed by atoms with Crippen LogP contribution in [0.1, 0.15) is 26.3 Å². The summed E-state index contributed by atoms with van der Waals surface area (Å²) in [5.74, 6) is 0.564. The Morgan fingerprint density at radius 3 is 2.60 bits per heavy atom. The van der Waals surface area contributed by atoms with Crippen molar-refractivity contribution in [2.75, 3.05) is 39.5 Å². The summed E-state index contributed by atoms with van der Waals surface area (Å²) in [6.45, 7) is 9.34. The highest BCUT2D eigenvalue weighted by atomic mass is 35.5. The standard InChI is InChI=1S/C19H31NO4.ClH/c1-15(2)9-20-10-18(21)12-22-13-19(14-23-16(3)11-24-19)17-7-5-4-6-8-17;/h4-8,15-16,18,20-21H,9-14H2,1-3H3;1H. The molecule has 1 aliphatic rings. The summed E-state index contributed by atoms with van der Waals surface area (Å²) in [4.78, 5) is 0. The Morgan fingerprint density at radius 2 is 2.00 bits per heavy atom. The molecule has 2 rings (SSSR count). The lowest BCUT2D eigenvalue weighted by atomic mass is 9.94. The van der Waals surface area contributed by atoms with Gasteiger partial charge in [0.25, 0.3) is 0 Å². The smallest absolute Gasteiger partial charge is 0.140 e. The molecule has 1 aromatic carbocycles. The van der Waals surface area contributed by atoms with Crippen molar-refractivity contribution in [3.63, 3.8) is 0 Å². The van der Waals surface area contributed by atoms with Crippen LogP contribution < -0.4 is 5.32 Å². The number of hydrogen-bond donors (Lipinski definition) is 2. The van der Waals surface area contributed by atoms with Crippen LogP contribution in [0.3, 0.4) is 0 Å². The van der Waals surface area contributed by atoms with Gasteiger partial charge in [-0.3, -0.25) is 0 Å². The van der Waals surface area contributed by atoms with Gasteiger partial charge in [0.2, 0.25) is 0 Å².